The monoisotopic (exact) mass is 443 g/mol. The molecule has 0 spiro atoms. The number of anilines is 1. The first-order chi connectivity index (χ1) is 15.9. The molecule has 0 radical (unpaired) electrons. The number of aryl methyl sites for hydroxylation is 2. The van der Waals surface area contributed by atoms with Gasteiger partial charge in [-0.1, -0.05) is 12.1 Å². The molecular weight excluding hydrogens is 418 g/mol. The highest BCUT2D eigenvalue weighted by atomic mass is 16.5. The number of hydrogen-bond acceptors (Lipinski definition) is 5. The number of aromatic nitrogens is 2. The maximum Gasteiger partial charge on any atom is 0.265 e. The fourth-order valence-corrected chi connectivity index (χ4v) is 3.62. The topological polar surface area (TPSA) is 82.4 Å². The Morgan fingerprint density at radius 1 is 1.00 bits per heavy atom. The number of nitrogens with zero attached hydrogens (tertiary/aromatic N) is 2. The van der Waals surface area contributed by atoms with Crippen molar-refractivity contribution < 1.29 is 14.3 Å². The van der Waals surface area contributed by atoms with E-state index in [4.69, 9.17) is 9.47 Å². The minimum Gasteiger partial charge on any atom is -0.497 e. The molecule has 1 N–H and O–H groups in total. The van der Waals surface area contributed by atoms with Gasteiger partial charge in [-0.05, 0) is 80.9 Å². The Bertz CT molecular complexity index is 1380. The maximum atomic E-state index is 13.1. The Balaban J connectivity index is 1.54. The molecule has 7 heteroatoms. The number of benzene rings is 3. The number of fused-ring (bicyclic) bond motifs is 1. The summed E-state index contributed by atoms with van der Waals surface area (Å²) in [6.07, 6.45) is -0.702. The summed E-state index contributed by atoms with van der Waals surface area (Å²) >= 11 is 0. The average molecular weight is 444 g/mol. The van der Waals surface area contributed by atoms with E-state index >= 15 is 0 Å². The molecule has 0 aliphatic rings. The Kier molecular flexibility index (Phi) is 6.13. The number of methoxy groups -OCH3 is 1. The van der Waals surface area contributed by atoms with Crippen LogP contribution in [0.2, 0.25) is 0 Å². The van der Waals surface area contributed by atoms with E-state index in [0.717, 1.165) is 5.56 Å². The van der Waals surface area contributed by atoms with Gasteiger partial charge in [-0.2, -0.15) is 0 Å². The minimum absolute atomic E-state index is 0.129. The van der Waals surface area contributed by atoms with Crippen molar-refractivity contribution in [2.75, 3.05) is 12.4 Å². The molecule has 1 unspecified atom stereocenters. The molecule has 0 saturated heterocycles. The van der Waals surface area contributed by atoms with Crippen LogP contribution >= 0.6 is 0 Å². The van der Waals surface area contributed by atoms with Crippen LogP contribution in [0.5, 0.6) is 11.5 Å². The summed E-state index contributed by atoms with van der Waals surface area (Å²) in [4.78, 5) is 30.3. The van der Waals surface area contributed by atoms with E-state index < -0.39 is 6.10 Å². The van der Waals surface area contributed by atoms with Crippen LogP contribution < -0.4 is 20.3 Å². The summed E-state index contributed by atoms with van der Waals surface area (Å²) in [5, 5.41) is 3.46. The predicted octanol–water partition coefficient (Wildman–Crippen LogP) is 4.42. The molecule has 168 valence electrons. The first-order valence-electron chi connectivity index (χ1n) is 10.6. The second kappa shape index (κ2) is 9.16. The average Bonchev–Trinajstić information content (AvgIpc) is 2.81. The lowest BCUT2D eigenvalue weighted by molar-refractivity contribution is -0.122. The predicted molar refractivity (Wildman–Crippen MR) is 129 cm³/mol. The SMILES string of the molecule is COc1ccc(OC(C)C(=O)Nc2ccc(-n3c(C)nc4ccccc4c3=O)cc2C)cc1. The maximum absolute atomic E-state index is 13.1. The quantitative estimate of drug-likeness (QED) is 0.477. The van der Waals surface area contributed by atoms with Crippen molar-refractivity contribution in [3.63, 3.8) is 0 Å². The number of amides is 1. The smallest absolute Gasteiger partial charge is 0.265 e. The van der Waals surface area contributed by atoms with Crippen LogP contribution in [0.4, 0.5) is 5.69 Å². The fraction of sp³-hybridized carbons (Fsp3) is 0.192. The minimum atomic E-state index is -0.702. The van der Waals surface area contributed by atoms with Crippen LogP contribution in [0.3, 0.4) is 0 Å². The van der Waals surface area contributed by atoms with Crippen LogP contribution in [0.15, 0.2) is 71.5 Å². The van der Waals surface area contributed by atoms with Crippen LogP contribution in [0.1, 0.15) is 18.3 Å². The Morgan fingerprint density at radius 2 is 1.70 bits per heavy atom. The molecule has 0 fully saturated rings. The Hall–Kier alpha value is -4.13. The second-order valence-electron chi connectivity index (χ2n) is 7.74. The van der Waals surface area contributed by atoms with Gasteiger partial charge in [0, 0.05) is 5.69 Å². The van der Waals surface area contributed by atoms with E-state index in [2.05, 4.69) is 10.3 Å². The normalized spacial score (nSPS) is 11.8. The molecule has 4 aromatic rings. The van der Waals surface area contributed by atoms with E-state index in [1.165, 1.54) is 0 Å². The highest BCUT2D eigenvalue weighted by molar-refractivity contribution is 5.95. The van der Waals surface area contributed by atoms with E-state index in [9.17, 15) is 9.59 Å². The molecule has 1 heterocycles. The molecule has 0 aliphatic carbocycles. The summed E-state index contributed by atoms with van der Waals surface area (Å²) in [6.45, 7) is 5.37. The first-order valence-corrected chi connectivity index (χ1v) is 10.6. The summed E-state index contributed by atoms with van der Waals surface area (Å²) in [5.41, 5.74) is 2.69. The number of para-hydroxylation sites is 1. The third kappa shape index (κ3) is 4.57. The lowest BCUT2D eigenvalue weighted by Gasteiger charge is -2.17. The van der Waals surface area contributed by atoms with Gasteiger partial charge in [0.15, 0.2) is 6.10 Å². The third-order valence-corrected chi connectivity index (χ3v) is 5.41. The van der Waals surface area contributed by atoms with Crippen molar-refractivity contribution in [3.8, 4) is 17.2 Å². The van der Waals surface area contributed by atoms with Gasteiger partial charge in [0.05, 0.1) is 23.7 Å². The van der Waals surface area contributed by atoms with E-state index in [1.54, 1.807) is 68.0 Å². The van der Waals surface area contributed by atoms with Gasteiger partial charge >= 0.3 is 0 Å². The molecule has 4 rings (SSSR count). The van der Waals surface area contributed by atoms with Crippen molar-refractivity contribution in [2.45, 2.75) is 26.9 Å². The van der Waals surface area contributed by atoms with Crippen molar-refractivity contribution in [3.05, 3.63) is 88.5 Å². The second-order valence-corrected chi connectivity index (χ2v) is 7.74. The van der Waals surface area contributed by atoms with Gasteiger partial charge in [0.2, 0.25) is 0 Å². The van der Waals surface area contributed by atoms with Crippen LogP contribution in [-0.4, -0.2) is 28.7 Å². The van der Waals surface area contributed by atoms with Gasteiger partial charge in [0.1, 0.15) is 17.3 Å². The lowest BCUT2D eigenvalue weighted by Crippen LogP contribution is -2.30. The van der Waals surface area contributed by atoms with Crippen LogP contribution in [0, 0.1) is 13.8 Å². The molecule has 0 aliphatic heterocycles. The van der Waals surface area contributed by atoms with Crippen LogP contribution in [0.25, 0.3) is 16.6 Å². The van der Waals surface area contributed by atoms with E-state index in [0.29, 0.717) is 39.6 Å². The molecular formula is C26H25N3O4. The van der Waals surface area contributed by atoms with Crippen LogP contribution in [-0.2, 0) is 4.79 Å². The Morgan fingerprint density at radius 3 is 2.39 bits per heavy atom. The molecule has 0 bridgehead atoms. The Labute approximate surface area is 191 Å². The molecule has 1 aromatic heterocycles. The van der Waals surface area contributed by atoms with E-state index in [1.807, 2.05) is 31.2 Å². The molecule has 7 nitrogen and oxygen atoms in total. The number of carbonyl (C=O) groups is 1. The van der Waals surface area contributed by atoms with Gasteiger partial charge in [-0.3, -0.25) is 14.2 Å². The largest absolute Gasteiger partial charge is 0.497 e. The van der Waals surface area contributed by atoms with Gasteiger partial charge in [0.25, 0.3) is 11.5 Å². The van der Waals surface area contributed by atoms with Crippen molar-refractivity contribution >= 4 is 22.5 Å². The summed E-state index contributed by atoms with van der Waals surface area (Å²) < 4.78 is 12.4. The standard InChI is InChI=1S/C26H25N3O4/c1-16-15-19(29-18(3)27-24-8-6-5-7-22(24)26(29)31)9-14-23(16)28-25(30)17(2)33-21-12-10-20(32-4)11-13-21/h5-15,17H,1-4H3,(H,28,30). The molecule has 33 heavy (non-hydrogen) atoms. The first kappa shape index (κ1) is 22.1. The van der Waals surface area contributed by atoms with Crippen molar-refractivity contribution in [1.82, 2.24) is 9.55 Å². The molecule has 3 aromatic carbocycles. The fourth-order valence-electron chi connectivity index (χ4n) is 3.62. The molecule has 1 atom stereocenters. The zero-order valence-electron chi connectivity index (χ0n) is 19.0. The van der Waals surface area contributed by atoms with E-state index in [-0.39, 0.29) is 11.5 Å². The van der Waals surface area contributed by atoms with Crippen molar-refractivity contribution in [1.29, 1.82) is 0 Å². The number of nitrogens with one attached hydrogen (secondary N) is 1. The number of ether oxygens (including phenoxy) is 2. The highest BCUT2D eigenvalue weighted by Gasteiger charge is 2.17. The zero-order valence-corrected chi connectivity index (χ0v) is 19.0. The summed E-state index contributed by atoms with van der Waals surface area (Å²) in [7, 11) is 1.59. The van der Waals surface area contributed by atoms with Gasteiger partial charge < -0.3 is 14.8 Å². The molecule has 0 saturated carbocycles. The third-order valence-electron chi connectivity index (χ3n) is 5.41. The lowest BCUT2D eigenvalue weighted by atomic mass is 10.1. The van der Waals surface area contributed by atoms with Gasteiger partial charge in [-0.15, -0.1) is 0 Å². The summed E-state index contributed by atoms with van der Waals surface area (Å²) in [5.74, 6) is 1.61. The number of carbonyl (C=O) groups excluding carboxylic acids is 1. The van der Waals surface area contributed by atoms with Crippen molar-refractivity contribution in [2.24, 2.45) is 0 Å². The molecule has 1 amide bonds. The highest BCUT2D eigenvalue weighted by Crippen LogP contribution is 2.22. The zero-order chi connectivity index (χ0) is 23.5. The number of rotatable bonds is 6. The summed E-state index contributed by atoms with van der Waals surface area (Å²) in [6, 6.07) is 19.8. The number of hydrogen-bond donors (Lipinski definition) is 1. The van der Waals surface area contributed by atoms with Gasteiger partial charge in [-0.25, -0.2) is 4.98 Å².